The molecule has 1 saturated heterocycles. The number of piperazine rings is 1. The van der Waals surface area contributed by atoms with E-state index in [1.54, 1.807) is 23.1 Å². The Hall–Kier alpha value is -5.27. The van der Waals surface area contributed by atoms with E-state index >= 15 is 0 Å². The lowest BCUT2D eigenvalue weighted by Crippen LogP contribution is -2.55. The number of amides is 3. The van der Waals surface area contributed by atoms with Crippen molar-refractivity contribution in [2.45, 2.75) is 30.7 Å². The van der Waals surface area contributed by atoms with E-state index in [0.717, 1.165) is 23.9 Å². The molecule has 1 aliphatic heterocycles. The lowest BCUT2D eigenvalue weighted by molar-refractivity contribution is -0.133. The normalized spacial score (nSPS) is 18.1. The largest absolute Gasteiger partial charge is 0.451 e. The molecule has 2 aromatic carbocycles. The van der Waals surface area contributed by atoms with Crippen molar-refractivity contribution in [3.8, 4) is 5.69 Å². The van der Waals surface area contributed by atoms with Gasteiger partial charge >= 0.3 is 0 Å². The Morgan fingerprint density at radius 2 is 1.84 bits per heavy atom. The summed E-state index contributed by atoms with van der Waals surface area (Å²) in [5.74, 6) is -1.29. The molecular formula is C37H41ClN8O5. The summed E-state index contributed by atoms with van der Waals surface area (Å²) >= 11 is 6.50. The van der Waals surface area contributed by atoms with Crippen LogP contribution in [0.25, 0.3) is 16.7 Å². The van der Waals surface area contributed by atoms with Gasteiger partial charge in [0.1, 0.15) is 24.3 Å². The van der Waals surface area contributed by atoms with Crippen LogP contribution in [0.1, 0.15) is 40.7 Å². The molecule has 266 valence electrons. The Kier molecular flexibility index (Phi) is 10.7. The van der Waals surface area contributed by atoms with Crippen molar-refractivity contribution in [1.29, 1.82) is 0 Å². The van der Waals surface area contributed by atoms with Gasteiger partial charge in [0.05, 0.1) is 21.5 Å². The first-order valence-corrected chi connectivity index (χ1v) is 17.2. The van der Waals surface area contributed by atoms with E-state index in [2.05, 4.69) is 25.6 Å². The van der Waals surface area contributed by atoms with E-state index in [9.17, 15) is 19.2 Å². The molecular weight excluding hydrogens is 672 g/mol. The average molecular weight is 713 g/mol. The van der Waals surface area contributed by atoms with Gasteiger partial charge in [0, 0.05) is 57.4 Å². The van der Waals surface area contributed by atoms with Crippen molar-refractivity contribution >= 4 is 46.0 Å². The zero-order valence-electron chi connectivity index (χ0n) is 28.8. The average Bonchev–Trinajstić information content (AvgIpc) is 3.67. The Balaban J connectivity index is 1.18. The number of allylic oxidation sites excluding steroid dienone is 3. The number of hydrogen-bond acceptors (Lipinski definition) is 9. The van der Waals surface area contributed by atoms with Crippen molar-refractivity contribution in [2.75, 3.05) is 58.3 Å². The predicted octanol–water partition coefficient (Wildman–Crippen LogP) is 3.39. The molecule has 6 rings (SSSR count). The molecule has 4 aromatic rings. The van der Waals surface area contributed by atoms with Gasteiger partial charge in [0.2, 0.25) is 5.91 Å². The lowest BCUT2D eigenvalue weighted by Gasteiger charge is -2.38. The number of aromatic nitrogens is 3. The zero-order chi connectivity index (χ0) is 36.1. The Labute approximate surface area is 300 Å². The smallest absolute Gasteiger partial charge is 0.287 e. The zero-order valence-corrected chi connectivity index (χ0v) is 29.6. The minimum absolute atomic E-state index is 0.147. The standard InChI is InChI=1S/C37H41ClN8O5/c1-37(38)12-10-25(11-13-37)20-29(42-35(49)33-22-31(47)28-21-26(8-9-32(28)51-33)46-24-39-23-41-46)36(50)45-18-16-44(17-19-45)30-7-5-4-6-27(30)34(48)40-14-15-43(2)3/h4-12,21-24,29H,13-20H2,1-3H3,(H,40,48)(H,42,49)/t29-,37?/m1/s1. The number of alkyl halides is 1. The maximum atomic E-state index is 14.1. The van der Waals surface area contributed by atoms with E-state index in [-0.39, 0.29) is 35.0 Å². The highest BCUT2D eigenvalue weighted by Crippen LogP contribution is 2.29. The second kappa shape index (κ2) is 15.3. The van der Waals surface area contributed by atoms with Gasteiger partial charge in [-0.2, -0.15) is 5.10 Å². The first kappa shape index (κ1) is 35.6. The molecule has 1 unspecified atom stereocenters. The predicted molar refractivity (Wildman–Crippen MR) is 195 cm³/mol. The van der Waals surface area contributed by atoms with Crippen LogP contribution in [0.3, 0.4) is 0 Å². The van der Waals surface area contributed by atoms with Crippen molar-refractivity contribution in [3.63, 3.8) is 0 Å². The SMILES string of the molecule is CN(C)CCNC(=O)c1ccccc1N1CCN(C(=O)[C@@H](CC2=CCC(C)(Cl)C=C2)NC(=O)c2cc(=O)c3cc(-n4cncn4)ccc3o2)CC1. The number of benzene rings is 2. The number of nitrogens with zero attached hydrogens (tertiary/aromatic N) is 6. The Bertz CT molecular complexity index is 2030. The van der Waals surface area contributed by atoms with Crippen LogP contribution < -0.4 is 21.0 Å². The maximum absolute atomic E-state index is 14.1. The molecule has 14 heteroatoms. The molecule has 13 nitrogen and oxygen atoms in total. The van der Waals surface area contributed by atoms with Crippen molar-refractivity contribution < 1.29 is 18.8 Å². The summed E-state index contributed by atoms with van der Waals surface area (Å²) in [4.78, 5) is 63.2. The summed E-state index contributed by atoms with van der Waals surface area (Å²) < 4.78 is 7.39. The number of halogens is 1. The number of anilines is 1. The second-order valence-electron chi connectivity index (χ2n) is 13.2. The lowest BCUT2D eigenvalue weighted by atomic mass is 9.93. The first-order valence-electron chi connectivity index (χ1n) is 16.8. The summed E-state index contributed by atoms with van der Waals surface area (Å²) in [6.45, 7) is 4.92. The topological polar surface area (TPSA) is 146 Å². The van der Waals surface area contributed by atoms with Crippen LogP contribution in [0.5, 0.6) is 0 Å². The summed E-state index contributed by atoms with van der Waals surface area (Å²) in [5, 5.41) is 10.2. The van der Waals surface area contributed by atoms with Crippen molar-refractivity contribution in [2.24, 2.45) is 0 Å². The van der Waals surface area contributed by atoms with Gasteiger partial charge in [-0.05, 0) is 63.3 Å². The van der Waals surface area contributed by atoms with Gasteiger partial charge < -0.3 is 29.8 Å². The highest BCUT2D eigenvalue weighted by atomic mass is 35.5. The minimum Gasteiger partial charge on any atom is -0.451 e. The summed E-state index contributed by atoms with van der Waals surface area (Å²) in [6, 6.07) is 12.6. The molecule has 2 aromatic heterocycles. The molecule has 2 aliphatic rings. The van der Waals surface area contributed by atoms with Crippen LogP contribution >= 0.6 is 11.6 Å². The number of hydrogen-bond donors (Lipinski definition) is 2. The fraction of sp³-hybridized carbons (Fsp3) is 0.351. The molecule has 0 saturated carbocycles. The van der Waals surface area contributed by atoms with Gasteiger partial charge in [-0.3, -0.25) is 19.2 Å². The van der Waals surface area contributed by atoms with Crippen LogP contribution in [-0.4, -0.2) is 107 Å². The van der Waals surface area contributed by atoms with E-state index in [1.165, 1.54) is 17.3 Å². The minimum atomic E-state index is -0.940. The van der Waals surface area contributed by atoms with E-state index in [0.29, 0.717) is 50.4 Å². The third-order valence-electron chi connectivity index (χ3n) is 8.99. The molecule has 0 spiro atoms. The van der Waals surface area contributed by atoms with Gasteiger partial charge in [0.15, 0.2) is 11.2 Å². The summed E-state index contributed by atoms with van der Waals surface area (Å²) in [7, 11) is 3.90. The van der Waals surface area contributed by atoms with Crippen molar-refractivity contribution in [3.05, 3.63) is 107 Å². The van der Waals surface area contributed by atoms with E-state index in [4.69, 9.17) is 16.0 Å². The molecule has 3 amide bonds. The molecule has 51 heavy (non-hydrogen) atoms. The van der Waals surface area contributed by atoms with E-state index in [1.807, 2.05) is 68.4 Å². The van der Waals surface area contributed by atoms with E-state index < -0.39 is 22.3 Å². The van der Waals surface area contributed by atoms with Gasteiger partial charge in [0.25, 0.3) is 11.8 Å². The van der Waals surface area contributed by atoms with Gasteiger partial charge in [-0.1, -0.05) is 30.4 Å². The molecule has 1 aliphatic carbocycles. The number of nitrogens with one attached hydrogen (secondary N) is 2. The Morgan fingerprint density at radius 1 is 1.06 bits per heavy atom. The van der Waals surface area contributed by atoms with Crippen LogP contribution in [0.2, 0.25) is 0 Å². The molecule has 0 bridgehead atoms. The highest BCUT2D eigenvalue weighted by molar-refractivity contribution is 6.25. The quantitative estimate of drug-likeness (QED) is 0.224. The molecule has 1 fully saturated rings. The van der Waals surface area contributed by atoms with Crippen LogP contribution in [-0.2, 0) is 4.79 Å². The second-order valence-corrected chi connectivity index (χ2v) is 14.1. The number of carbonyl (C=O) groups is 3. The van der Waals surface area contributed by atoms with Crippen LogP contribution in [0.4, 0.5) is 5.69 Å². The molecule has 0 radical (unpaired) electrons. The monoisotopic (exact) mass is 712 g/mol. The van der Waals surface area contributed by atoms with Crippen molar-refractivity contribution in [1.82, 2.24) is 35.2 Å². The van der Waals surface area contributed by atoms with Crippen LogP contribution in [0, 0.1) is 0 Å². The third-order valence-corrected chi connectivity index (χ3v) is 9.27. The number of fused-ring (bicyclic) bond motifs is 1. The van der Waals surface area contributed by atoms with Gasteiger partial charge in [-0.25, -0.2) is 9.67 Å². The third kappa shape index (κ3) is 8.55. The first-order chi connectivity index (χ1) is 24.5. The fourth-order valence-corrected chi connectivity index (χ4v) is 6.26. The van der Waals surface area contributed by atoms with Gasteiger partial charge in [-0.15, -0.1) is 11.6 Å². The number of para-hydroxylation sites is 1. The fourth-order valence-electron chi connectivity index (χ4n) is 6.12. The molecule has 2 atom stereocenters. The Morgan fingerprint density at radius 3 is 2.55 bits per heavy atom. The molecule has 2 N–H and O–H groups in total. The number of likely N-dealkylation sites (N-methyl/N-ethyl adjacent to an activating group) is 1. The molecule has 3 heterocycles. The highest BCUT2D eigenvalue weighted by Gasteiger charge is 2.32. The summed E-state index contributed by atoms with van der Waals surface area (Å²) in [5.41, 5.74) is 2.67. The maximum Gasteiger partial charge on any atom is 0.287 e. The number of rotatable bonds is 11. The number of carbonyl (C=O) groups excluding carboxylic acids is 3. The van der Waals surface area contributed by atoms with Crippen LogP contribution in [0.15, 0.2) is 94.2 Å². The summed E-state index contributed by atoms with van der Waals surface area (Å²) in [6.07, 6.45) is 9.44.